The van der Waals surface area contributed by atoms with Crippen LogP contribution in [0.5, 0.6) is 5.88 Å². The number of aliphatic carboxylic acids is 1. The summed E-state index contributed by atoms with van der Waals surface area (Å²) in [5.41, 5.74) is -0.976. The maximum absolute atomic E-state index is 13.4. The van der Waals surface area contributed by atoms with Crippen LogP contribution in [0.25, 0.3) is 0 Å². The Kier molecular flexibility index (Phi) is 4.33. The highest BCUT2D eigenvalue weighted by Crippen LogP contribution is 2.27. The minimum absolute atomic E-state index is 0.192. The van der Waals surface area contributed by atoms with Crippen molar-refractivity contribution in [3.63, 3.8) is 0 Å². The van der Waals surface area contributed by atoms with Crippen molar-refractivity contribution in [1.82, 2.24) is 4.98 Å². The van der Waals surface area contributed by atoms with E-state index < -0.39 is 36.0 Å². The van der Waals surface area contributed by atoms with Crippen molar-refractivity contribution in [1.29, 1.82) is 0 Å². The van der Waals surface area contributed by atoms with Crippen LogP contribution in [0.1, 0.15) is 11.3 Å². The van der Waals surface area contributed by atoms with Crippen LogP contribution in [0.15, 0.2) is 6.07 Å². The summed E-state index contributed by atoms with van der Waals surface area (Å²) in [5.74, 6) is -4.15. The van der Waals surface area contributed by atoms with E-state index >= 15 is 0 Å². The van der Waals surface area contributed by atoms with Crippen molar-refractivity contribution in [3.8, 4) is 5.88 Å². The van der Waals surface area contributed by atoms with E-state index in [9.17, 15) is 22.4 Å². The van der Waals surface area contributed by atoms with Crippen LogP contribution >= 0.6 is 11.6 Å². The molecule has 9 heteroatoms. The molecule has 4 nitrogen and oxygen atoms in total. The summed E-state index contributed by atoms with van der Waals surface area (Å²) in [7, 11) is 0. The quantitative estimate of drug-likeness (QED) is 0.683. The van der Waals surface area contributed by atoms with Gasteiger partial charge in [-0.2, -0.15) is 0 Å². The summed E-state index contributed by atoms with van der Waals surface area (Å²) >= 11 is 5.32. The molecule has 0 saturated heterocycles. The summed E-state index contributed by atoms with van der Waals surface area (Å²) in [6.07, 6.45) is -6.08. The number of nitrogens with zero attached hydrogens (tertiary/aromatic N) is 1. The van der Waals surface area contributed by atoms with Gasteiger partial charge in [-0.25, -0.2) is 9.37 Å². The van der Waals surface area contributed by atoms with Gasteiger partial charge in [0.15, 0.2) is 0 Å². The highest BCUT2D eigenvalue weighted by Gasteiger charge is 2.34. The van der Waals surface area contributed by atoms with Crippen LogP contribution in [0.3, 0.4) is 0 Å². The van der Waals surface area contributed by atoms with Crippen molar-refractivity contribution in [2.75, 3.05) is 0 Å². The largest absolute Gasteiger partial charge is 0.574 e. The number of ether oxygens (including phenoxy) is 1. The molecule has 0 aliphatic carbocycles. The highest BCUT2D eigenvalue weighted by atomic mass is 35.5. The Morgan fingerprint density at radius 3 is 2.56 bits per heavy atom. The molecule has 0 saturated carbocycles. The second-order valence-electron chi connectivity index (χ2n) is 3.13. The van der Waals surface area contributed by atoms with E-state index in [0.717, 1.165) is 6.07 Å². The van der Waals surface area contributed by atoms with Gasteiger partial charge in [-0.15, -0.1) is 24.8 Å². The molecule has 1 aromatic heterocycles. The number of rotatable bonds is 4. The Morgan fingerprint density at radius 1 is 1.50 bits per heavy atom. The van der Waals surface area contributed by atoms with Crippen LogP contribution in [0, 0.1) is 5.82 Å². The molecule has 0 radical (unpaired) electrons. The molecule has 1 aromatic rings. The molecule has 100 valence electrons. The van der Waals surface area contributed by atoms with Gasteiger partial charge < -0.3 is 9.84 Å². The van der Waals surface area contributed by atoms with E-state index in [-0.39, 0.29) is 11.6 Å². The molecule has 0 amide bonds. The van der Waals surface area contributed by atoms with Gasteiger partial charge in [-0.1, -0.05) is 0 Å². The molecular weight excluding hydrogens is 282 g/mol. The van der Waals surface area contributed by atoms with Gasteiger partial charge in [-0.3, -0.25) is 4.79 Å². The molecule has 0 spiro atoms. The van der Waals surface area contributed by atoms with Gasteiger partial charge in [0.1, 0.15) is 5.82 Å². The molecule has 0 aliphatic heterocycles. The lowest BCUT2D eigenvalue weighted by Crippen LogP contribution is -2.20. The average molecular weight is 288 g/mol. The van der Waals surface area contributed by atoms with E-state index in [0.29, 0.717) is 0 Å². The fraction of sp³-hybridized carbons (Fsp3) is 0.333. The number of carboxylic acid groups (broad SMARTS) is 1. The van der Waals surface area contributed by atoms with E-state index in [1.54, 1.807) is 0 Å². The third kappa shape index (κ3) is 4.02. The zero-order valence-corrected chi connectivity index (χ0v) is 9.35. The molecule has 0 aromatic carbocycles. The molecule has 0 unspecified atom stereocenters. The number of alkyl halides is 4. The molecule has 0 fully saturated rings. The predicted molar refractivity (Wildman–Crippen MR) is 51.8 cm³/mol. The first-order chi connectivity index (χ1) is 8.23. The summed E-state index contributed by atoms with van der Waals surface area (Å²) in [6, 6.07) is 0.758. The number of carboxylic acids is 1. The number of halogens is 5. The van der Waals surface area contributed by atoms with Gasteiger partial charge in [0.2, 0.25) is 5.88 Å². The zero-order chi connectivity index (χ0) is 13.9. The van der Waals surface area contributed by atoms with Crippen molar-refractivity contribution in [2.45, 2.75) is 18.7 Å². The van der Waals surface area contributed by atoms with Crippen LogP contribution in [-0.2, 0) is 17.1 Å². The maximum Gasteiger partial charge on any atom is 0.574 e. The van der Waals surface area contributed by atoms with Gasteiger partial charge in [0, 0.05) is 0 Å². The Hall–Kier alpha value is -1.57. The highest BCUT2D eigenvalue weighted by molar-refractivity contribution is 6.16. The second kappa shape index (κ2) is 5.38. The molecule has 0 aliphatic rings. The lowest BCUT2D eigenvalue weighted by molar-refractivity contribution is -0.276. The number of aromatic nitrogens is 1. The van der Waals surface area contributed by atoms with E-state index in [2.05, 4.69) is 9.72 Å². The third-order valence-corrected chi connectivity index (χ3v) is 2.04. The van der Waals surface area contributed by atoms with Gasteiger partial charge >= 0.3 is 12.3 Å². The van der Waals surface area contributed by atoms with E-state index in [1.165, 1.54) is 0 Å². The monoisotopic (exact) mass is 287 g/mol. The molecule has 1 rings (SSSR count). The van der Waals surface area contributed by atoms with E-state index in [4.69, 9.17) is 16.7 Å². The lowest BCUT2D eigenvalue weighted by Gasteiger charge is -2.12. The fourth-order valence-corrected chi connectivity index (χ4v) is 1.28. The molecule has 0 atom stereocenters. The lowest BCUT2D eigenvalue weighted by atomic mass is 10.1. The smallest absolute Gasteiger partial charge is 0.481 e. The fourth-order valence-electron chi connectivity index (χ4n) is 1.14. The minimum Gasteiger partial charge on any atom is -0.481 e. The summed E-state index contributed by atoms with van der Waals surface area (Å²) in [5, 5.41) is 8.48. The van der Waals surface area contributed by atoms with Gasteiger partial charge in [-0.05, 0) is 6.07 Å². The van der Waals surface area contributed by atoms with Crippen LogP contribution in [0.4, 0.5) is 17.6 Å². The molecule has 18 heavy (non-hydrogen) atoms. The van der Waals surface area contributed by atoms with Crippen molar-refractivity contribution in [2.24, 2.45) is 0 Å². The van der Waals surface area contributed by atoms with E-state index in [1.807, 2.05) is 0 Å². The molecule has 1 heterocycles. The topological polar surface area (TPSA) is 59.4 Å². The summed E-state index contributed by atoms with van der Waals surface area (Å²) in [4.78, 5) is 13.7. The first-order valence-corrected chi connectivity index (χ1v) is 4.98. The Bertz CT molecular complexity index is 464. The predicted octanol–water partition coefficient (Wildman–Crippen LogP) is 2.49. The van der Waals surface area contributed by atoms with Crippen molar-refractivity contribution in [3.05, 3.63) is 23.1 Å². The standard InChI is InChI=1S/C9H6ClF4NO3/c10-3-4-1-6(11)5(2-7(16)17)8(15-4)18-9(12,13)14/h1H,2-3H2,(H,16,17). The number of hydrogen-bond acceptors (Lipinski definition) is 3. The van der Waals surface area contributed by atoms with Gasteiger partial charge in [0.25, 0.3) is 0 Å². The summed E-state index contributed by atoms with van der Waals surface area (Å²) in [6.45, 7) is 0. The molecular formula is C9H6ClF4NO3. The first-order valence-electron chi connectivity index (χ1n) is 4.44. The minimum atomic E-state index is -5.10. The summed E-state index contributed by atoms with van der Waals surface area (Å²) < 4.78 is 53.1. The van der Waals surface area contributed by atoms with Crippen LogP contribution < -0.4 is 4.74 Å². The second-order valence-corrected chi connectivity index (χ2v) is 3.40. The zero-order valence-electron chi connectivity index (χ0n) is 8.59. The molecule has 0 bridgehead atoms. The van der Waals surface area contributed by atoms with Crippen molar-refractivity contribution >= 4 is 17.6 Å². The van der Waals surface area contributed by atoms with Crippen LogP contribution in [-0.4, -0.2) is 22.4 Å². The SMILES string of the molecule is O=C(O)Cc1c(F)cc(CCl)nc1OC(F)(F)F. The van der Waals surface area contributed by atoms with Gasteiger partial charge in [0.05, 0.1) is 23.6 Å². The number of hydrogen-bond donors (Lipinski definition) is 1. The first kappa shape index (κ1) is 14.5. The van der Waals surface area contributed by atoms with Crippen LogP contribution in [0.2, 0.25) is 0 Å². The number of carbonyl (C=O) groups is 1. The Morgan fingerprint density at radius 2 is 2.11 bits per heavy atom. The van der Waals surface area contributed by atoms with Crippen molar-refractivity contribution < 1.29 is 32.2 Å². The Labute approximate surface area is 103 Å². The molecule has 1 N–H and O–H groups in total. The average Bonchev–Trinajstić information content (AvgIpc) is 2.20. The normalized spacial score (nSPS) is 11.4. The Balaban J connectivity index is 3.24. The maximum atomic E-state index is 13.4. The third-order valence-electron chi connectivity index (χ3n) is 1.76. The number of pyridine rings is 1.